The van der Waals surface area contributed by atoms with Gasteiger partial charge in [0.15, 0.2) is 0 Å². The third-order valence-electron chi connectivity index (χ3n) is 5.18. The van der Waals surface area contributed by atoms with Crippen LogP contribution in [0.25, 0.3) is 0 Å². The van der Waals surface area contributed by atoms with E-state index in [-0.39, 0.29) is 23.5 Å². The van der Waals surface area contributed by atoms with Crippen LogP contribution in [0.3, 0.4) is 0 Å². The van der Waals surface area contributed by atoms with E-state index < -0.39 is 11.0 Å². The number of nitrogens with one attached hydrogen (secondary N) is 3. The quantitative estimate of drug-likeness (QED) is 0.469. The van der Waals surface area contributed by atoms with E-state index in [1.165, 1.54) is 23.1 Å². The summed E-state index contributed by atoms with van der Waals surface area (Å²) in [5.74, 6) is -0.669. The lowest BCUT2D eigenvalue weighted by Crippen LogP contribution is -2.43. The third-order valence-corrected chi connectivity index (χ3v) is 5.18. The molecule has 1 aliphatic heterocycles. The summed E-state index contributed by atoms with van der Waals surface area (Å²) in [4.78, 5) is 49.6. The van der Waals surface area contributed by atoms with Crippen LogP contribution in [0.5, 0.6) is 0 Å². The Kier molecular flexibility index (Phi) is 7.04. The maximum absolute atomic E-state index is 13.0. The molecule has 3 rings (SSSR count). The van der Waals surface area contributed by atoms with E-state index in [4.69, 9.17) is 0 Å². The molecule has 168 valence electrons. The van der Waals surface area contributed by atoms with Gasteiger partial charge in [-0.15, -0.1) is 0 Å². The number of amides is 4. The van der Waals surface area contributed by atoms with Gasteiger partial charge in [0.2, 0.25) is 5.91 Å². The van der Waals surface area contributed by atoms with Crippen molar-refractivity contribution in [1.29, 1.82) is 0 Å². The average Bonchev–Trinajstić information content (AvgIpc) is 3.23. The molecule has 0 aliphatic carbocycles. The number of carbonyl (C=O) groups is 3. The molecule has 1 fully saturated rings. The normalized spacial score (nSPS) is 15.2. The van der Waals surface area contributed by atoms with Gasteiger partial charge in [0.1, 0.15) is 6.04 Å². The molecular weight excluding hydrogens is 414 g/mol. The Labute approximate surface area is 185 Å². The van der Waals surface area contributed by atoms with Gasteiger partial charge in [0.25, 0.3) is 11.6 Å². The van der Waals surface area contributed by atoms with Gasteiger partial charge in [0, 0.05) is 41.7 Å². The van der Waals surface area contributed by atoms with Crippen molar-refractivity contribution >= 4 is 34.9 Å². The Morgan fingerprint density at radius 2 is 1.84 bits per heavy atom. The van der Waals surface area contributed by atoms with Gasteiger partial charge in [-0.05, 0) is 57.0 Å². The van der Waals surface area contributed by atoms with Gasteiger partial charge in [-0.3, -0.25) is 19.7 Å². The molecule has 0 spiro atoms. The van der Waals surface area contributed by atoms with Crippen LogP contribution in [0.1, 0.15) is 35.7 Å². The maximum atomic E-state index is 13.0. The Bertz CT molecular complexity index is 1050. The first-order valence-electron chi connectivity index (χ1n) is 10.3. The summed E-state index contributed by atoms with van der Waals surface area (Å²) in [6.07, 6.45) is 1.19. The van der Waals surface area contributed by atoms with Crippen molar-refractivity contribution in [2.45, 2.75) is 32.7 Å². The SMILES string of the molecule is CCNC(=O)Nc1cccc(NC(=O)C2CCCN2C(=O)c2ccc([N+](=O)[O-])c(C)c2)c1. The fourth-order valence-corrected chi connectivity index (χ4v) is 3.68. The van der Waals surface area contributed by atoms with Crippen molar-refractivity contribution in [1.82, 2.24) is 10.2 Å². The van der Waals surface area contributed by atoms with Crippen LogP contribution in [0, 0.1) is 17.0 Å². The molecule has 2 aromatic rings. The zero-order valence-corrected chi connectivity index (χ0v) is 17.9. The van der Waals surface area contributed by atoms with Gasteiger partial charge >= 0.3 is 6.03 Å². The number of hydrogen-bond acceptors (Lipinski definition) is 5. The van der Waals surface area contributed by atoms with Gasteiger partial charge < -0.3 is 20.9 Å². The molecular formula is C22H25N5O5. The number of rotatable bonds is 6. The molecule has 3 N–H and O–H groups in total. The zero-order valence-electron chi connectivity index (χ0n) is 17.9. The van der Waals surface area contributed by atoms with Crippen molar-refractivity contribution in [3.05, 3.63) is 63.7 Å². The molecule has 1 atom stereocenters. The highest BCUT2D eigenvalue weighted by molar-refractivity contribution is 6.02. The first kappa shape index (κ1) is 22.7. The third kappa shape index (κ3) is 5.20. The van der Waals surface area contributed by atoms with E-state index in [1.807, 2.05) is 6.92 Å². The minimum absolute atomic E-state index is 0.0571. The fraction of sp³-hybridized carbons (Fsp3) is 0.318. The lowest BCUT2D eigenvalue weighted by Gasteiger charge is -2.24. The second-order valence-electron chi connectivity index (χ2n) is 7.47. The lowest BCUT2D eigenvalue weighted by molar-refractivity contribution is -0.385. The monoisotopic (exact) mass is 439 g/mol. The highest BCUT2D eigenvalue weighted by Gasteiger charge is 2.35. The minimum atomic E-state index is -0.655. The highest BCUT2D eigenvalue weighted by atomic mass is 16.6. The summed E-state index contributed by atoms with van der Waals surface area (Å²) < 4.78 is 0. The Balaban J connectivity index is 1.71. The molecule has 10 nitrogen and oxygen atoms in total. The maximum Gasteiger partial charge on any atom is 0.319 e. The van der Waals surface area contributed by atoms with E-state index >= 15 is 0 Å². The summed E-state index contributed by atoms with van der Waals surface area (Å²) in [6.45, 7) is 4.29. The molecule has 0 bridgehead atoms. The van der Waals surface area contributed by atoms with Crippen molar-refractivity contribution in [3.63, 3.8) is 0 Å². The standard InChI is InChI=1S/C22H25N5O5/c1-3-23-22(30)25-17-7-4-6-16(13-17)24-20(28)19-8-5-11-26(19)21(29)15-9-10-18(27(31)32)14(2)12-15/h4,6-7,9-10,12-13,19H,3,5,8,11H2,1-2H3,(H,24,28)(H2,23,25,30). The van der Waals surface area contributed by atoms with Gasteiger partial charge in [-0.25, -0.2) is 4.79 Å². The van der Waals surface area contributed by atoms with Crippen molar-refractivity contribution in [3.8, 4) is 0 Å². The van der Waals surface area contributed by atoms with Gasteiger partial charge in [-0.1, -0.05) is 6.07 Å². The molecule has 1 unspecified atom stereocenters. The minimum Gasteiger partial charge on any atom is -0.338 e. The van der Waals surface area contributed by atoms with Crippen molar-refractivity contribution in [2.24, 2.45) is 0 Å². The van der Waals surface area contributed by atoms with Crippen molar-refractivity contribution in [2.75, 3.05) is 23.7 Å². The number of benzene rings is 2. The zero-order chi connectivity index (χ0) is 23.3. The summed E-state index contributed by atoms with van der Waals surface area (Å²) in [5.41, 5.74) is 1.65. The van der Waals surface area contributed by atoms with Gasteiger partial charge in [0.05, 0.1) is 4.92 Å². The number of hydrogen-bond donors (Lipinski definition) is 3. The van der Waals surface area contributed by atoms with Crippen molar-refractivity contribution < 1.29 is 19.3 Å². The summed E-state index contributed by atoms with van der Waals surface area (Å²) in [5, 5.41) is 19.1. The molecule has 2 aromatic carbocycles. The predicted octanol–water partition coefficient (Wildman–Crippen LogP) is 3.29. The second-order valence-corrected chi connectivity index (χ2v) is 7.47. The van der Waals surface area contributed by atoms with Gasteiger partial charge in [-0.2, -0.15) is 0 Å². The fourth-order valence-electron chi connectivity index (χ4n) is 3.68. The van der Waals surface area contributed by atoms with E-state index in [0.29, 0.717) is 48.4 Å². The molecule has 1 heterocycles. The Morgan fingerprint density at radius 1 is 1.12 bits per heavy atom. The molecule has 32 heavy (non-hydrogen) atoms. The summed E-state index contributed by atoms with van der Waals surface area (Å²) in [7, 11) is 0. The number of nitrogens with zero attached hydrogens (tertiary/aromatic N) is 2. The number of nitro groups is 1. The molecule has 0 radical (unpaired) electrons. The van der Waals surface area contributed by atoms with Crippen LogP contribution in [0.2, 0.25) is 0 Å². The molecule has 10 heteroatoms. The van der Waals surface area contributed by atoms with Crippen LogP contribution in [0.15, 0.2) is 42.5 Å². The second kappa shape index (κ2) is 9.90. The van der Waals surface area contributed by atoms with E-state index in [0.717, 1.165) is 0 Å². The smallest absolute Gasteiger partial charge is 0.319 e. The van der Waals surface area contributed by atoms with Crippen LogP contribution < -0.4 is 16.0 Å². The number of urea groups is 1. The Hall–Kier alpha value is -3.95. The largest absolute Gasteiger partial charge is 0.338 e. The topological polar surface area (TPSA) is 134 Å². The van der Waals surface area contributed by atoms with Crippen LogP contribution in [0.4, 0.5) is 21.9 Å². The van der Waals surface area contributed by atoms with E-state index in [1.54, 1.807) is 31.2 Å². The summed E-state index contributed by atoms with van der Waals surface area (Å²) >= 11 is 0. The Morgan fingerprint density at radius 3 is 2.50 bits per heavy atom. The number of anilines is 2. The molecule has 1 aliphatic rings. The molecule has 4 amide bonds. The first-order valence-corrected chi connectivity index (χ1v) is 10.3. The highest BCUT2D eigenvalue weighted by Crippen LogP contribution is 2.25. The number of nitro benzene ring substituents is 1. The first-order chi connectivity index (χ1) is 15.3. The number of likely N-dealkylation sites (tertiary alicyclic amines) is 1. The van der Waals surface area contributed by atoms with Crippen LogP contribution in [-0.4, -0.2) is 46.8 Å². The molecule has 0 aromatic heterocycles. The number of aryl methyl sites for hydroxylation is 1. The lowest BCUT2D eigenvalue weighted by atomic mass is 10.1. The van der Waals surface area contributed by atoms with E-state index in [9.17, 15) is 24.5 Å². The molecule has 1 saturated heterocycles. The van der Waals surface area contributed by atoms with Crippen LogP contribution in [-0.2, 0) is 4.79 Å². The average molecular weight is 439 g/mol. The van der Waals surface area contributed by atoms with Crippen LogP contribution >= 0.6 is 0 Å². The number of carbonyl (C=O) groups excluding carboxylic acids is 3. The predicted molar refractivity (Wildman–Crippen MR) is 120 cm³/mol. The summed E-state index contributed by atoms with van der Waals surface area (Å²) in [6, 6.07) is 9.93. The molecule has 0 saturated carbocycles. The van der Waals surface area contributed by atoms with E-state index in [2.05, 4.69) is 16.0 Å².